The van der Waals surface area contributed by atoms with Crippen LogP contribution in [0.2, 0.25) is 0 Å². The van der Waals surface area contributed by atoms with Crippen molar-refractivity contribution in [2.24, 2.45) is 0 Å². The number of fused-ring (bicyclic) bond motifs is 1. The monoisotopic (exact) mass is 303 g/mol. The van der Waals surface area contributed by atoms with Crippen molar-refractivity contribution in [1.29, 1.82) is 0 Å². The lowest BCUT2D eigenvalue weighted by Gasteiger charge is -2.10. The van der Waals surface area contributed by atoms with Crippen molar-refractivity contribution < 1.29 is 9.47 Å². The van der Waals surface area contributed by atoms with Crippen LogP contribution in [0.3, 0.4) is 0 Å². The molecule has 1 aliphatic rings. The van der Waals surface area contributed by atoms with Crippen LogP contribution >= 0.6 is 0 Å². The maximum atomic E-state index is 5.71. The van der Waals surface area contributed by atoms with Gasteiger partial charge in [0, 0.05) is 23.4 Å². The van der Waals surface area contributed by atoms with Crippen LogP contribution < -0.4 is 0 Å². The second-order valence-electron chi connectivity index (χ2n) is 5.42. The lowest BCUT2D eigenvalue weighted by atomic mass is 10.1. The zero-order valence-corrected chi connectivity index (χ0v) is 13.5. The molecule has 2 aromatic carbocycles. The van der Waals surface area contributed by atoms with Crippen LogP contribution in [0.5, 0.6) is 0 Å². The molecule has 0 radical (unpaired) electrons. The minimum Gasteiger partial charge on any atom is -0.382 e. The summed E-state index contributed by atoms with van der Waals surface area (Å²) < 4.78 is 10.7. The van der Waals surface area contributed by atoms with E-state index in [0.717, 1.165) is 0 Å². The first-order valence-corrected chi connectivity index (χ1v) is 9.21. The molecule has 3 rings (SSSR count). The Balaban J connectivity index is 1.87. The fourth-order valence-corrected chi connectivity index (χ4v) is 5.41. The SMILES string of the molecule is COCCOCc1ccc([S+]2CCCC2)c2ccccc12. The maximum Gasteiger partial charge on any atom is 0.162 e. The van der Waals surface area contributed by atoms with Crippen molar-refractivity contribution in [2.75, 3.05) is 31.8 Å². The molecular formula is C18H23O2S+. The molecular weight excluding hydrogens is 280 g/mol. The first-order chi connectivity index (χ1) is 10.4. The van der Waals surface area contributed by atoms with Crippen molar-refractivity contribution in [2.45, 2.75) is 24.3 Å². The van der Waals surface area contributed by atoms with Crippen LogP contribution in [0, 0.1) is 0 Å². The highest BCUT2D eigenvalue weighted by Gasteiger charge is 2.28. The van der Waals surface area contributed by atoms with Crippen LogP contribution in [0.15, 0.2) is 41.3 Å². The Morgan fingerprint density at radius 3 is 2.48 bits per heavy atom. The molecule has 0 spiro atoms. The van der Waals surface area contributed by atoms with E-state index in [1.807, 2.05) is 0 Å². The van der Waals surface area contributed by atoms with Gasteiger partial charge in [0.05, 0.1) is 19.8 Å². The Kier molecular flexibility index (Phi) is 5.17. The Morgan fingerprint density at radius 1 is 0.952 bits per heavy atom. The molecule has 0 saturated carbocycles. The summed E-state index contributed by atoms with van der Waals surface area (Å²) in [5, 5.41) is 2.78. The zero-order valence-electron chi connectivity index (χ0n) is 12.6. The average molecular weight is 303 g/mol. The number of methoxy groups -OCH3 is 1. The fraction of sp³-hybridized carbons (Fsp3) is 0.444. The lowest BCUT2D eigenvalue weighted by Crippen LogP contribution is -2.06. The van der Waals surface area contributed by atoms with E-state index in [-0.39, 0.29) is 0 Å². The first-order valence-electron chi connectivity index (χ1n) is 7.65. The number of hydrogen-bond acceptors (Lipinski definition) is 2. The van der Waals surface area contributed by atoms with Gasteiger partial charge in [-0.2, -0.15) is 0 Å². The van der Waals surface area contributed by atoms with E-state index in [0.29, 0.717) is 30.7 Å². The predicted octanol–water partition coefficient (Wildman–Crippen LogP) is 3.77. The molecule has 112 valence electrons. The average Bonchev–Trinajstić information content (AvgIpc) is 3.05. The molecule has 3 heteroatoms. The predicted molar refractivity (Wildman–Crippen MR) is 90.1 cm³/mol. The van der Waals surface area contributed by atoms with Gasteiger partial charge < -0.3 is 9.47 Å². The number of benzene rings is 2. The lowest BCUT2D eigenvalue weighted by molar-refractivity contribution is 0.0621. The van der Waals surface area contributed by atoms with Crippen molar-refractivity contribution in [1.82, 2.24) is 0 Å². The summed E-state index contributed by atoms with van der Waals surface area (Å²) in [6.45, 7) is 1.97. The summed E-state index contributed by atoms with van der Waals surface area (Å²) >= 11 is 0. The summed E-state index contributed by atoms with van der Waals surface area (Å²) in [5.74, 6) is 2.74. The third kappa shape index (κ3) is 3.42. The minimum absolute atomic E-state index is 0.457. The Morgan fingerprint density at radius 2 is 1.71 bits per heavy atom. The van der Waals surface area contributed by atoms with Gasteiger partial charge in [0.1, 0.15) is 11.5 Å². The topological polar surface area (TPSA) is 18.5 Å². The van der Waals surface area contributed by atoms with Gasteiger partial charge in [-0.25, -0.2) is 0 Å². The molecule has 0 bridgehead atoms. The molecule has 1 aliphatic heterocycles. The number of ether oxygens (including phenoxy) is 2. The van der Waals surface area contributed by atoms with Crippen molar-refractivity contribution in [3.63, 3.8) is 0 Å². The van der Waals surface area contributed by atoms with Gasteiger partial charge in [0.25, 0.3) is 0 Å². The van der Waals surface area contributed by atoms with E-state index < -0.39 is 0 Å². The van der Waals surface area contributed by atoms with Crippen LogP contribution in [-0.2, 0) is 27.0 Å². The normalized spacial score (nSPS) is 15.9. The molecule has 1 fully saturated rings. The Bertz CT molecular complexity index is 591. The van der Waals surface area contributed by atoms with Crippen molar-refractivity contribution in [3.05, 3.63) is 42.0 Å². The first kappa shape index (κ1) is 14.9. The summed E-state index contributed by atoms with van der Waals surface area (Å²) in [6, 6.07) is 13.4. The largest absolute Gasteiger partial charge is 0.382 e. The van der Waals surface area contributed by atoms with Crippen LogP contribution in [0.4, 0.5) is 0 Å². The van der Waals surface area contributed by atoms with E-state index in [1.165, 1.54) is 40.7 Å². The molecule has 0 atom stereocenters. The van der Waals surface area contributed by atoms with Gasteiger partial charge in [-0.15, -0.1) is 0 Å². The molecule has 0 N–H and O–H groups in total. The molecule has 1 saturated heterocycles. The molecule has 0 unspecified atom stereocenters. The van der Waals surface area contributed by atoms with E-state index >= 15 is 0 Å². The van der Waals surface area contributed by atoms with E-state index in [4.69, 9.17) is 9.47 Å². The zero-order chi connectivity index (χ0) is 14.5. The molecule has 1 heterocycles. The number of hydrogen-bond donors (Lipinski definition) is 0. The third-order valence-electron chi connectivity index (χ3n) is 4.01. The molecule has 0 amide bonds. The Labute approximate surface area is 129 Å². The summed E-state index contributed by atoms with van der Waals surface area (Å²) in [7, 11) is 2.16. The van der Waals surface area contributed by atoms with E-state index in [1.54, 1.807) is 12.0 Å². The standard InChI is InChI=1S/C18H23O2S/c1-19-10-11-20-14-15-8-9-18(21-12-4-5-13-21)17-7-3-2-6-16(15)17/h2-3,6-9H,4-5,10-14H2,1H3/q+1. The highest BCUT2D eigenvalue weighted by molar-refractivity contribution is 7.97. The molecule has 0 aromatic heterocycles. The highest BCUT2D eigenvalue weighted by atomic mass is 32.2. The molecule has 2 aromatic rings. The summed E-state index contributed by atoms with van der Waals surface area (Å²) in [4.78, 5) is 1.56. The summed E-state index contributed by atoms with van der Waals surface area (Å²) in [5.41, 5.74) is 1.29. The van der Waals surface area contributed by atoms with Crippen LogP contribution in [-0.4, -0.2) is 31.8 Å². The van der Waals surface area contributed by atoms with Gasteiger partial charge in [0.2, 0.25) is 0 Å². The van der Waals surface area contributed by atoms with Crippen LogP contribution in [0.1, 0.15) is 18.4 Å². The van der Waals surface area contributed by atoms with Crippen molar-refractivity contribution in [3.8, 4) is 0 Å². The fourth-order valence-electron chi connectivity index (χ4n) is 2.91. The minimum atomic E-state index is 0.457. The van der Waals surface area contributed by atoms with Crippen molar-refractivity contribution >= 4 is 21.7 Å². The van der Waals surface area contributed by atoms with E-state index in [9.17, 15) is 0 Å². The number of rotatable bonds is 6. The van der Waals surface area contributed by atoms with Gasteiger partial charge in [-0.05, 0) is 35.9 Å². The third-order valence-corrected chi connectivity index (χ3v) is 6.55. The quantitative estimate of drug-likeness (QED) is 0.597. The Hall–Kier alpha value is -1.03. The van der Waals surface area contributed by atoms with E-state index in [2.05, 4.69) is 36.4 Å². The summed E-state index contributed by atoms with van der Waals surface area (Å²) in [6.07, 6.45) is 2.78. The molecule has 0 aliphatic carbocycles. The molecule has 21 heavy (non-hydrogen) atoms. The van der Waals surface area contributed by atoms with Gasteiger partial charge in [-0.1, -0.05) is 24.3 Å². The van der Waals surface area contributed by atoms with Gasteiger partial charge in [0.15, 0.2) is 4.90 Å². The second-order valence-corrected chi connectivity index (χ2v) is 7.66. The van der Waals surface area contributed by atoms with Gasteiger partial charge >= 0.3 is 0 Å². The highest BCUT2D eigenvalue weighted by Crippen LogP contribution is 2.31. The second kappa shape index (κ2) is 7.30. The van der Waals surface area contributed by atoms with Crippen LogP contribution in [0.25, 0.3) is 10.8 Å². The van der Waals surface area contributed by atoms with Gasteiger partial charge in [-0.3, -0.25) is 0 Å². The molecule has 2 nitrogen and oxygen atoms in total. The smallest absolute Gasteiger partial charge is 0.162 e. The maximum absolute atomic E-state index is 5.71.